The first-order chi connectivity index (χ1) is 14.9. The van der Waals surface area contributed by atoms with Crippen molar-refractivity contribution >= 4 is 31.5 Å². The predicted molar refractivity (Wildman–Crippen MR) is 127 cm³/mol. The number of alkyl halides is 1. The SMILES string of the molecule is Cc1cc(S(=O)(=O)c2ccc(F)cc2)c(-c2ccccc2)c(CBr)c1N1CC=CCC1. The largest absolute Gasteiger partial charge is 0.367 e. The van der Waals surface area contributed by atoms with E-state index in [9.17, 15) is 12.8 Å². The van der Waals surface area contributed by atoms with Gasteiger partial charge in [0, 0.05) is 29.7 Å². The van der Waals surface area contributed by atoms with Gasteiger partial charge >= 0.3 is 0 Å². The first-order valence-electron chi connectivity index (χ1n) is 10.1. The Morgan fingerprint density at radius 1 is 1.03 bits per heavy atom. The number of benzene rings is 3. The summed E-state index contributed by atoms with van der Waals surface area (Å²) in [6, 6.07) is 16.4. The molecule has 0 saturated heterocycles. The number of nitrogens with zero attached hydrogens (tertiary/aromatic N) is 1. The number of hydrogen-bond acceptors (Lipinski definition) is 3. The Bertz CT molecular complexity index is 1220. The first-order valence-corrected chi connectivity index (χ1v) is 12.7. The third-order valence-electron chi connectivity index (χ3n) is 5.54. The summed E-state index contributed by atoms with van der Waals surface area (Å²) >= 11 is 3.63. The fourth-order valence-electron chi connectivity index (χ4n) is 4.13. The van der Waals surface area contributed by atoms with Crippen LogP contribution in [0.1, 0.15) is 17.5 Å². The lowest BCUT2D eigenvalue weighted by Gasteiger charge is -2.31. The number of halogens is 2. The van der Waals surface area contributed by atoms with Gasteiger partial charge in [0.25, 0.3) is 0 Å². The van der Waals surface area contributed by atoms with E-state index in [1.807, 2.05) is 37.3 Å². The van der Waals surface area contributed by atoms with Gasteiger partial charge < -0.3 is 4.90 Å². The highest BCUT2D eigenvalue weighted by atomic mass is 79.9. The Kier molecular flexibility index (Phi) is 6.30. The van der Waals surface area contributed by atoms with Crippen molar-refractivity contribution in [3.8, 4) is 11.1 Å². The third-order valence-corrected chi connectivity index (χ3v) is 7.89. The zero-order valence-electron chi connectivity index (χ0n) is 17.2. The van der Waals surface area contributed by atoms with E-state index >= 15 is 0 Å². The number of hydrogen-bond donors (Lipinski definition) is 0. The minimum atomic E-state index is -3.86. The van der Waals surface area contributed by atoms with E-state index in [1.54, 1.807) is 6.07 Å². The van der Waals surface area contributed by atoms with Gasteiger partial charge in [0.05, 0.1) is 9.79 Å². The zero-order valence-corrected chi connectivity index (χ0v) is 19.6. The number of anilines is 1. The fraction of sp³-hybridized carbons (Fsp3) is 0.200. The average molecular weight is 500 g/mol. The van der Waals surface area contributed by atoms with Crippen LogP contribution in [0.3, 0.4) is 0 Å². The van der Waals surface area contributed by atoms with E-state index in [0.717, 1.165) is 41.9 Å². The Hall–Kier alpha value is -2.44. The van der Waals surface area contributed by atoms with E-state index in [0.29, 0.717) is 10.9 Å². The molecule has 3 aromatic carbocycles. The highest BCUT2D eigenvalue weighted by Gasteiger charge is 2.28. The van der Waals surface area contributed by atoms with Crippen LogP contribution < -0.4 is 4.90 Å². The van der Waals surface area contributed by atoms with Crippen LogP contribution in [0.25, 0.3) is 11.1 Å². The summed E-state index contributed by atoms with van der Waals surface area (Å²) in [6.45, 7) is 3.63. The number of sulfone groups is 1. The van der Waals surface area contributed by atoms with Crippen molar-refractivity contribution in [1.82, 2.24) is 0 Å². The van der Waals surface area contributed by atoms with Crippen LogP contribution in [-0.4, -0.2) is 21.5 Å². The van der Waals surface area contributed by atoms with Crippen LogP contribution in [-0.2, 0) is 15.2 Å². The average Bonchev–Trinajstić information content (AvgIpc) is 2.79. The van der Waals surface area contributed by atoms with E-state index in [2.05, 4.69) is 33.0 Å². The van der Waals surface area contributed by atoms with E-state index in [-0.39, 0.29) is 9.79 Å². The van der Waals surface area contributed by atoms with Gasteiger partial charge in [-0.05, 0) is 60.4 Å². The molecule has 0 bridgehead atoms. The molecule has 0 aromatic heterocycles. The molecular weight excluding hydrogens is 477 g/mol. The topological polar surface area (TPSA) is 37.4 Å². The molecule has 6 heteroatoms. The quantitative estimate of drug-likeness (QED) is 0.235. The zero-order chi connectivity index (χ0) is 22.0. The molecule has 31 heavy (non-hydrogen) atoms. The lowest BCUT2D eigenvalue weighted by molar-refractivity contribution is 0.595. The lowest BCUT2D eigenvalue weighted by atomic mass is 9.95. The van der Waals surface area contributed by atoms with Crippen molar-refractivity contribution < 1.29 is 12.8 Å². The van der Waals surface area contributed by atoms with Gasteiger partial charge in [-0.1, -0.05) is 58.4 Å². The molecule has 0 N–H and O–H groups in total. The number of aryl methyl sites for hydroxylation is 1. The highest BCUT2D eigenvalue weighted by Crippen LogP contribution is 2.42. The third kappa shape index (κ3) is 4.19. The van der Waals surface area contributed by atoms with Gasteiger partial charge in [0.2, 0.25) is 9.84 Å². The maximum Gasteiger partial charge on any atom is 0.207 e. The molecule has 0 radical (unpaired) electrons. The summed E-state index contributed by atoms with van der Waals surface area (Å²) in [7, 11) is -3.86. The summed E-state index contributed by atoms with van der Waals surface area (Å²) in [5, 5.41) is 0.514. The van der Waals surface area contributed by atoms with Crippen LogP contribution in [0.4, 0.5) is 10.1 Å². The smallest absolute Gasteiger partial charge is 0.207 e. The van der Waals surface area contributed by atoms with Crippen LogP contribution in [0.5, 0.6) is 0 Å². The Balaban J connectivity index is 2.02. The van der Waals surface area contributed by atoms with Gasteiger partial charge in [-0.2, -0.15) is 0 Å². The molecule has 0 fully saturated rings. The molecule has 0 amide bonds. The summed E-state index contributed by atoms with van der Waals surface area (Å²) in [5.74, 6) is -0.465. The normalized spacial score (nSPS) is 14.1. The minimum absolute atomic E-state index is 0.0830. The second-order valence-electron chi connectivity index (χ2n) is 7.56. The molecule has 3 aromatic rings. The van der Waals surface area contributed by atoms with Gasteiger partial charge in [-0.15, -0.1) is 0 Å². The summed E-state index contributed by atoms with van der Waals surface area (Å²) in [5.41, 5.74) is 4.45. The number of rotatable bonds is 5. The van der Waals surface area contributed by atoms with Gasteiger partial charge in [-0.3, -0.25) is 0 Å². The highest BCUT2D eigenvalue weighted by molar-refractivity contribution is 9.08. The maximum absolute atomic E-state index is 13.7. The molecule has 0 spiro atoms. The summed E-state index contributed by atoms with van der Waals surface area (Å²) < 4.78 is 40.8. The van der Waals surface area contributed by atoms with Crippen molar-refractivity contribution in [2.45, 2.75) is 28.5 Å². The predicted octanol–water partition coefficient (Wildman–Crippen LogP) is 6.30. The molecule has 1 aliphatic heterocycles. The van der Waals surface area contributed by atoms with Crippen LogP contribution >= 0.6 is 15.9 Å². The van der Waals surface area contributed by atoms with Gasteiger partial charge in [-0.25, -0.2) is 12.8 Å². The molecule has 0 atom stereocenters. The summed E-state index contributed by atoms with van der Waals surface area (Å²) in [6.07, 6.45) is 5.27. The molecule has 3 nitrogen and oxygen atoms in total. The Morgan fingerprint density at radius 3 is 2.35 bits per heavy atom. The Labute approximate surface area is 191 Å². The monoisotopic (exact) mass is 499 g/mol. The maximum atomic E-state index is 13.7. The first kappa shape index (κ1) is 21.8. The van der Waals surface area contributed by atoms with E-state index < -0.39 is 15.7 Å². The van der Waals surface area contributed by atoms with Crippen molar-refractivity contribution in [2.24, 2.45) is 0 Å². The van der Waals surface area contributed by atoms with Crippen LogP contribution in [0, 0.1) is 12.7 Å². The lowest BCUT2D eigenvalue weighted by Crippen LogP contribution is -2.29. The molecule has 160 valence electrons. The van der Waals surface area contributed by atoms with Crippen molar-refractivity contribution in [1.29, 1.82) is 0 Å². The van der Waals surface area contributed by atoms with Crippen LogP contribution in [0.15, 0.2) is 82.6 Å². The molecular formula is C25H23BrFNO2S. The molecule has 0 saturated carbocycles. The van der Waals surface area contributed by atoms with E-state index in [1.165, 1.54) is 24.3 Å². The minimum Gasteiger partial charge on any atom is -0.367 e. The molecule has 4 rings (SSSR count). The molecule has 0 aliphatic carbocycles. The van der Waals surface area contributed by atoms with Gasteiger partial charge in [0.15, 0.2) is 0 Å². The van der Waals surface area contributed by atoms with Gasteiger partial charge in [0.1, 0.15) is 5.82 Å². The second kappa shape index (κ2) is 8.97. The molecule has 0 unspecified atom stereocenters. The van der Waals surface area contributed by atoms with Crippen LogP contribution in [0.2, 0.25) is 0 Å². The molecule has 1 aliphatic rings. The fourth-order valence-corrected chi connectivity index (χ4v) is 6.27. The summed E-state index contributed by atoms with van der Waals surface area (Å²) in [4.78, 5) is 2.63. The molecule has 1 heterocycles. The Morgan fingerprint density at radius 2 is 1.74 bits per heavy atom. The van der Waals surface area contributed by atoms with Crippen molar-refractivity contribution in [3.05, 3.63) is 89.8 Å². The van der Waals surface area contributed by atoms with Crippen molar-refractivity contribution in [3.63, 3.8) is 0 Å². The second-order valence-corrected chi connectivity index (χ2v) is 10.0. The standard InChI is InChI=1S/C25H23BrFNO2S/c1-18-16-23(31(29,30)21-12-10-20(27)11-13-21)24(19-8-4-2-5-9-19)22(17-26)25(18)28-14-6-3-7-15-28/h2-6,8-13,16H,7,14-15,17H2,1H3. The van der Waals surface area contributed by atoms with E-state index in [4.69, 9.17) is 0 Å². The van der Waals surface area contributed by atoms with Crippen molar-refractivity contribution in [2.75, 3.05) is 18.0 Å².